The summed E-state index contributed by atoms with van der Waals surface area (Å²) in [6.07, 6.45) is 0.757. The first-order valence-electron chi connectivity index (χ1n) is 8.94. The quantitative estimate of drug-likeness (QED) is 0.559. The number of nitrogens with one attached hydrogen (secondary N) is 1. The van der Waals surface area contributed by atoms with Crippen molar-refractivity contribution in [1.29, 1.82) is 0 Å². The van der Waals surface area contributed by atoms with Crippen LogP contribution in [0.2, 0.25) is 0 Å². The van der Waals surface area contributed by atoms with Gasteiger partial charge in [-0.05, 0) is 35.6 Å². The highest BCUT2D eigenvalue weighted by molar-refractivity contribution is 7.09. The second kappa shape index (κ2) is 10.3. The minimum atomic E-state index is -0.586. The Morgan fingerprint density at radius 3 is 2.50 bits per heavy atom. The van der Waals surface area contributed by atoms with E-state index in [4.69, 9.17) is 9.47 Å². The fourth-order valence-corrected chi connectivity index (χ4v) is 3.25. The summed E-state index contributed by atoms with van der Waals surface area (Å²) >= 11 is 1.64. The maximum Gasteiger partial charge on any atom is 0.342 e. The average molecular weight is 395 g/mol. The third kappa shape index (κ3) is 5.96. The molecule has 0 saturated heterocycles. The molecule has 3 rings (SSSR count). The smallest absolute Gasteiger partial charge is 0.342 e. The van der Waals surface area contributed by atoms with Crippen LogP contribution in [0.3, 0.4) is 0 Å². The Bertz CT molecular complexity index is 894. The molecule has 0 unspecified atom stereocenters. The van der Waals surface area contributed by atoms with Gasteiger partial charge in [0.15, 0.2) is 6.61 Å². The molecule has 0 saturated carbocycles. The normalized spacial score (nSPS) is 10.3. The molecule has 5 nitrogen and oxygen atoms in total. The van der Waals surface area contributed by atoms with Crippen LogP contribution in [0.25, 0.3) is 0 Å². The molecule has 1 aromatic heterocycles. The van der Waals surface area contributed by atoms with E-state index < -0.39 is 5.97 Å². The molecular weight excluding hydrogens is 374 g/mol. The molecule has 1 amide bonds. The lowest BCUT2D eigenvalue weighted by Crippen LogP contribution is -2.30. The lowest BCUT2D eigenvalue weighted by Gasteiger charge is -2.11. The molecule has 144 valence electrons. The van der Waals surface area contributed by atoms with E-state index >= 15 is 0 Å². The lowest BCUT2D eigenvalue weighted by molar-refractivity contribution is -0.124. The standard InChI is InChI=1S/C22H21NO4S/c24-21(23-13-12-18-9-6-14-28-18)16-27-22(25)19-10-4-5-11-20(19)26-15-17-7-2-1-3-8-17/h1-11,14H,12-13,15-16H2,(H,23,24). The second-order valence-corrected chi connectivity index (χ2v) is 7.06. The Hall–Kier alpha value is -3.12. The summed E-state index contributed by atoms with van der Waals surface area (Å²) in [6.45, 7) is 0.526. The van der Waals surface area contributed by atoms with Crippen molar-refractivity contribution < 1.29 is 19.1 Å². The molecule has 0 spiro atoms. The maximum absolute atomic E-state index is 12.4. The Morgan fingerprint density at radius 2 is 1.71 bits per heavy atom. The molecule has 2 aromatic carbocycles. The van der Waals surface area contributed by atoms with Gasteiger partial charge in [-0.25, -0.2) is 4.79 Å². The van der Waals surface area contributed by atoms with Crippen LogP contribution in [-0.2, 0) is 22.6 Å². The van der Waals surface area contributed by atoms with E-state index in [0.717, 1.165) is 12.0 Å². The van der Waals surface area contributed by atoms with Crippen LogP contribution in [0.15, 0.2) is 72.1 Å². The number of amides is 1. The third-order valence-corrected chi connectivity index (χ3v) is 4.89. The number of para-hydroxylation sites is 1. The van der Waals surface area contributed by atoms with Crippen LogP contribution in [0.4, 0.5) is 0 Å². The van der Waals surface area contributed by atoms with E-state index in [1.54, 1.807) is 35.6 Å². The fraction of sp³-hybridized carbons (Fsp3) is 0.182. The highest BCUT2D eigenvalue weighted by Crippen LogP contribution is 2.20. The summed E-state index contributed by atoms with van der Waals surface area (Å²) in [7, 11) is 0. The average Bonchev–Trinajstić information content (AvgIpc) is 3.25. The summed E-state index contributed by atoms with van der Waals surface area (Å²) in [5.41, 5.74) is 1.29. The molecule has 0 aliphatic carbocycles. The van der Waals surface area contributed by atoms with Gasteiger partial charge in [0.2, 0.25) is 0 Å². The van der Waals surface area contributed by atoms with Crippen molar-refractivity contribution >= 4 is 23.2 Å². The Labute approximate surface area is 167 Å². The van der Waals surface area contributed by atoms with Crippen molar-refractivity contribution in [3.63, 3.8) is 0 Å². The maximum atomic E-state index is 12.4. The third-order valence-electron chi connectivity index (χ3n) is 3.95. The molecule has 1 heterocycles. The Morgan fingerprint density at radius 1 is 0.929 bits per heavy atom. The molecule has 0 fully saturated rings. The predicted molar refractivity (Wildman–Crippen MR) is 109 cm³/mol. The number of carbonyl (C=O) groups is 2. The molecule has 3 aromatic rings. The van der Waals surface area contributed by atoms with Gasteiger partial charge in [-0.2, -0.15) is 0 Å². The van der Waals surface area contributed by atoms with Gasteiger partial charge < -0.3 is 14.8 Å². The van der Waals surface area contributed by atoms with Crippen LogP contribution < -0.4 is 10.1 Å². The monoisotopic (exact) mass is 395 g/mol. The zero-order valence-electron chi connectivity index (χ0n) is 15.3. The molecular formula is C22H21NO4S. The van der Waals surface area contributed by atoms with E-state index in [1.165, 1.54) is 4.88 Å². The molecule has 6 heteroatoms. The largest absolute Gasteiger partial charge is 0.488 e. The molecule has 0 bridgehead atoms. The van der Waals surface area contributed by atoms with Crippen molar-refractivity contribution in [3.05, 3.63) is 88.1 Å². The van der Waals surface area contributed by atoms with Crippen molar-refractivity contribution in [2.75, 3.05) is 13.2 Å². The van der Waals surface area contributed by atoms with E-state index in [9.17, 15) is 9.59 Å². The summed E-state index contributed by atoms with van der Waals surface area (Å²) in [6, 6.07) is 20.5. The first-order chi connectivity index (χ1) is 13.7. The first-order valence-corrected chi connectivity index (χ1v) is 9.82. The number of thiophene rings is 1. The van der Waals surface area contributed by atoms with Crippen molar-refractivity contribution in [2.45, 2.75) is 13.0 Å². The molecule has 1 N–H and O–H groups in total. The number of hydrogen-bond acceptors (Lipinski definition) is 5. The highest BCUT2D eigenvalue weighted by atomic mass is 32.1. The van der Waals surface area contributed by atoms with Crippen LogP contribution in [0, 0.1) is 0 Å². The number of esters is 1. The Kier molecular flexibility index (Phi) is 7.21. The highest BCUT2D eigenvalue weighted by Gasteiger charge is 2.15. The number of hydrogen-bond donors (Lipinski definition) is 1. The molecule has 0 aliphatic rings. The number of benzene rings is 2. The van der Waals surface area contributed by atoms with E-state index in [2.05, 4.69) is 5.32 Å². The molecule has 0 radical (unpaired) electrons. The molecule has 28 heavy (non-hydrogen) atoms. The van der Waals surface area contributed by atoms with E-state index in [0.29, 0.717) is 24.5 Å². The zero-order chi connectivity index (χ0) is 19.6. The van der Waals surface area contributed by atoms with Gasteiger partial charge in [0.05, 0.1) is 0 Å². The number of ether oxygens (including phenoxy) is 2. The topological polar surface area (TPSA) is 64.6 Å². The van der Waals surface area contributed by atoms with Gasteiger partial charge in [-0.3, -0.25) is 4.79 Å². The van der Waals surface area contributed by atoms with Crippen LogP contribution >= 0.6 is 11.3 Å². The van der Waals surface area contributed by atoms with Gasteiger partial charge in [-0.15, -0.1) is 11.3 Å². The fourth-order valence-electron chi connectivity index (χ4n) is 2.54. The Balaban J connectivity index is 1.47. The summed E-state index contributed by atoms with van der Waals surface area (Å²) in [5.74, 6) is -0.487. The minimum Gasteiger partial charge on any atom is -0.488 e. The summed E-state index contributed by atoms with van der Waals surface area (Å²) in [4.78, 5) is 25.4. The predicted octanol–water partition coefficient (Wildman–Crippen LogP) is 3.84. The lowest BCUT2D eigenvalue weighted by atomic mass is 10.2. The molecule has 0 aliphatic heterocycles. The second-order valence-electron chi connectivity index (χ2n) is 6.03. The number of rotatable bonds is 9. The SMILES string of the molecule is O=C(COC(=O)c1ccccc1OCc1ccccc1)NCCc1cccs1. The molecule has 0 atom stereocenters. The minimum absolute atomic E-state index is 0.296. The van der Waals surface area contributed by atoms with Crippen molar-refractivity contribution in [2.24, 2.45) is 0 Å². The van der Waals surface area contributed by atoms with Gasteiger partial charge in [0.25, 0.3) is 5.91 Å². The van der Waals surface area contributed by atoms with Crippen LogP contribution in [-0.4, -0.2) is 25.0 Å². The van der Waals surface area contributed by atoms with Crippen molar-refractivity contribution in [1.82, 2.24) is 5.32 Å². The van der Waals surface area contributed by atoms with Crippen LogP contribution in [0.1, 0.15) is 20.8 Å². The van der Waals surface area contributed by atoms with Gasteiger partial charge in [0, 0.05) is 11.4 Å². The first kappa shape index (κ1) is 19.6. The summed E-state index contributed by atoms with van der Waals surface area (Å²) < 4.78 is 10.9. The van der Waals surface area contributed by atoms with Gasteiger partial charge in [-0.1, -0.05) is 48.5 Å². The van der Waals surface area contributed by atoms with Gasteiger partial charge >= 0.3 is 5.97 Å². The van der Waals surface area contributed by atoms with Crippen LogP contribution in [0.5, 0.6) is 5.75 Å². The van der Waals surface area contributed by atoms with Crippen molar-refractivity contribution in [3.8, 4) is 5.75 Å². The van der Waals surface area contributed by atoms with E-state index in [-0.39, 0.29) is 12.5 Å². The van der Waals surface area contributed by atoms with Gasteiger partial charge in [0.1, 0.15) is 17.9 Å². The summed E-state index contributed by atoms with van der Waals surface area (Å²) in [5, 5.41) is 4.74. The zero-order valence-corrected chi connectivity index (χ0v) is 16.1. The van der Waals surface area contributed by atoms with E-state index in [1.807, 2.05) is 47.8 Å². The number of carbonyl (C=O) groups excluding carboxylic acids is 2.